The minimum atomic E-state index is -0.724. The predicted molar refractivity (Wildman–Crippen MR) is 145 cm³/mol. The minimum Gasteiger partial charge on any atom is -0.401 e. The number of fused-ring (bicyclic) bond motifs is 1. The minimum absolute atomic E-state index is 0.00518. The monoisotopic (exact) mass is 522 g/mol. The summed E-state index contributed by atoms with van der Waals surface area (Å²) in [6, 6.07) is 4.01. The van der Waals surface area contributed by atoms with Crippen LogP contribution in [0.4, 0.5) is 27.7 Å². The summed E-state index contributed by atoms with van der Waals surface area (Å²) in [5, 5.41) is 11.5. The lowest BCUT2D eigenvalue weighted by molar-refractivity contribution is -0.115. The van der Waals surface area contributed by atoms with Crippen molar-refractivity contribution in [2.45, 2.75) is 20.8 Å². The first-order chi connectivity index (χ1) is 17.9. The van der Waals surface area contributed by atoms with E-state index in [1.807, 2.05) is 20.8 Å². The molecule has 12 nitrogen and oxygen atoms in total. The molecule has 1 fully saturated rings. The number of carbonyl (C=O) groups is 1. The van der Waals surface area contributed by atoms with E-state index in [0.717, 1.165) is 26.2 Å². The van der Waals surface area contributed by atoms with Gasteiger partial charge in [-0.2, -0.15) is 4.98 Å². The number of amidine groups is 1. The molecule has 2 aromatic heterocycles. The third-order valence-electron chi connectivity index (χ3n) is 6.19. The van der Waals surface area contributed by atoms with Crippen molar-refractivity contribution >= 4 is 46.0 Å². The molecule has 3 heterocycles. The Morgan fingerprint density at radius 1 is 1.13 bits per heavy atom. The molecule has 8 N–H and O–H groups in total. The summed E-state index contributed by atoms with van der Waals surface area (Å²) in [5.74, 6) is -0.394. The van der Waals surface area contributed by atoms with Crippen LogP contribution in [0.3, 0.4) is 0 Å². The van der Waals surface area contributed by atoms with Gasteiger partial charge in [-0.3, -0.25) is 5.41 Å². The van der Waals surface area contributed by atoms with Gasteiger partial charge < -0.3 is 26.6 Å². The number of halogens is 1. The van der Waals surface area contributed by atoms with Crippen LogP contribution in [-0.4, -0.2) is 69.8 Å². The normalized spacial score (nSPS) is 15.0. The van der Waals surface area contributed by atoms with Crippen molar-refractivity contribution in [1.82, 2.24) is 30.2 Å². The predicted octanol–water partition coefficient (Wildman–Crippen LogP) is 0.413. The number of hydrogen-bond donors (Lipinski definition) is 5. The molecular formula is C25H33FN11O+. The third kappa shape index (κ3) is 5.94. The van der Waals surface area contributed by atoms with Crippen molar-refractivity contribution in [2.75, 3.05) is 49.2 Å². The number of benzene rings is 1. The summed E-state index contributed by atoms with van der Waals surface area (Å²) in [6.45, 7) is 8.98. The molecular weight excluding hydrogens is 489 g/mol. The molecule has 4 rings (SSSR count). The molecule has 0 unspecified atom stereocenters. The Labute approximate surface area is 219 Å². The van der Waals surface area contributed by atoms with Gasteiger partial charge in [-0.05, 0) is 25.2 Å². The first-order valence-corrected chi connectivity index (χ1v) is 12.1. The van der Waals surface area contributed by atoms with Crippen molar-refractivity contribution in [3.63, 3.8) is 0 Å². The van der Waals surface area contributed by atoms with E-state index in [9.17, 15) is 9.18 Å². The van der Waals surface area contributed by atoms with Crippen LogP contribution in [-0.2, 0) is 0 Å². The van der Waals surface area contributed by atoms with Gasteiger partial charge in [0.1, 0.15) is 28.7 Å². The highest BCUT2D eigenvalue weighted by atomic mass is 19.1. The number of allylic oxidation sites excluding steroid dienone is 1. The molecule has 0 saturated carbocycles. The maximum atomic E-state index is 14.6. The van der Waals surface area contributed by atoms with E-state index in [4.69, 9.17) is 16.9 Å². The van der Waals surface area contributed by atoms with E-state index < -0.39 is 11.7 Å². The smallest absolute Gasteiger partial charge is 0.342 e. The number of rotatable bonds is 5. The first-order valence-electron chi connectivity index (χ1n) is 12.1. The molecule has 1 amide bonds. The summed E-state index contributed by atoms with van der Waals surface area (Å²) in [4.78, 5) is 34.7. The summed E-state index contributed by atoms with van der Waals surface area (Å²) < 4.78 is 14.6. The standard InChI is InChI=1S/C25H32FN11O/c1-25(2,3)17(27)12-18(28)33-23(38)15-11-14(5-6-16(15)26)32-22-20-19(30-13-31-22)21(29)35-24(34-20)37-9-7-36(4)8-10-37/h5-6,11-13H,7-10,27H2,1-4H3,(H2,28,33,38)(H2,29,34,35)(H,30,31,32)/p+1. The van der Waals surface area contributed by atoms with Crippen LogP contribution in [0.2, 0.25) is 0 Å². The third-order valence-corrected chi connectivity index (χ3v) is 6.19. The molecule has 0 bridgehead atoms. The van der Waals surface area contributed by atoms with Crippen LogP contribution in [0.15, 0.2) is 36.3 Å². The summed E-state index contributed by atoms with van der Waals surface area (Å²) >= 11 is 0. The zero-order valence-electron chi connectivity index (χ0n) is 21.9. The average Bonchev–Trinajstić information content (AvgIpc) is 2.85. The van der Waals surface area contributed by atoms with Gasteiger partial charge in [-0.15, -0.1) is 0 Å². The summed E-state index contributed by atoms with van der Waals surface area (Å²) in [6.07, 6.45) is 2.78. The van der Waals surface area contributed by atoms with Crippen molar-refractivity contribution < 1.29 is 14.6 Å². The van der Waals surface area contributed by atoms with Crippen LogP contribution in [0.5, 0.6) is 0 Å². The highest BCUT2D eigenvalue weighted by Gasteiger charge is 2.22. The second kappa shape index (κ2) is 10.5. The van der Waals surface area contributed by atoms with Crippen LogP contribution < -0.4 is 32.4 Å². The Bertz CT molecular complexity index is 1410. The maximum absolute atomic E-state index is 14.6. The molecule has 1 aromatic carbocycles. The number of piperazine rings is 1. The number of nitrogens with two attached hydrogens (primary N) is 3. The molecule has 0 spiro atoms. The van der Waals surface area contributed by atoms with Gasteiger partial charge in [-0.1, -0.05) is 20.8 Å². The number of hydrogen-bond acceptors (Lipinski definition) is 10. The van der Waals surface area contributed by atoms with E-state index in [0.29, 0.717) is 34.2 Å². The van der Waals surface area contributed by atoms with Gasteiger partial charge in [0.15, 0.2) is 11.6 Å². The van der Waals surface area contributed by atoms with Gasteiger partial charge in [0.05, 0.1) is 0 Å². The number of amides is 1. The second-order valence-electron chi connectivity index (χ2n) is 10.2. The lowest BCUT2D eigenvalue weighted by atomic mass is 9.92. The number of carbonyl (C=O) groups excluding carboxylic acids is 1. The molecule has 13 heteroatoms. The lowest BCUT2D eigenvalue weighted by Crippen LogP contribution is -2.50. The molecule has 3 aromatic rings. The van der Waals surface area contributed by atoms with Crippen LogP contribution in [0.1, 0.15) is 31.1 Å². The van der Waals surface area contributed by atoms with Crippen LogP contribution in [0, 0.1) is 11.2 Å². The molecule has 200 valence electrons. The van der Waals surface area contributed by atoms with Crippen molar-refractivity contribution in [2.24, 2.45) is 11.1 Å². The molecule has 1 aliphatic heterocycles. The molecule has 38 heavy (non-hydrogen) atoms. The Hall–Kier alpha value is -4.39. The number of nitrogens with one attached hydrogen (secondary N) is 2. The van der Waals surface area contributed by atoms with Gasteiger partial charge >= 0.3 is 5.91 Å². The lowest BCUT2D eigenvalue weighted by Gasteiger charge is -2.32. The van der Waals surface area contributed by atoms with Crippen molar-refractivity contribution in [3.8, 4) is 0 Å². The fourth-order valence-electron chi connectivity index (χ4n) is 3.73. The van der Waals surface area contributed by atoms with Gasteiger partial charge in [-0.25, -0.2) is 29.5 Å². The van der Waals surface area contributed by atoms with E-state index in [1.54, 1.807) is 0 Å². The van der Waals surface area contributed by atoms with Gasteiger partial charge in [0.2, 0.25) is 5.95 Å². The first kappa shape index (κ1) is 26.7. The van der Waals surface area contributed by atoms with E-state index in [2.05, 4.69) is 47.4 Å². The summed E-state index contributed by atoms with van der Waals surface area (Å²) in [7, 11) is 2.06. The van der Waals surface area contributed by atoms with Gasteiger partial charge in [0, 0.05) is 49.1 Å². The number of nitrogen functional groups attached to an aromatic ring is 1. The number of likely N-dealkylation sites (N-methyl/N-ethyl adjacent to an activating group) is 1. The topological polar surface area (TPSA) is 177 Å². The highest BCUT2D eigenvalue weighted by Crippen LogP contribution is 2.27. The Morgan fingerprint density at radius 2 is 1.84 bits per heavy atom. The second-order valence-corrected chi connectivity index (χ2v) is 10.2. The molecule has 0 atom stereocenters. The van der Waals surface area contributed by atoms with Crippen molar-refractivity contribution in [1.29, 1.82) is 0 Å². The van der Waals surface area contributed by atoms with Crippen LogP contribution >= 0.6 is 0 Å². The Morgan fingerprint density at radius 3 is 2.53 bits per heavy atom. The van der Waals surface area contributed by atoms with Crippen LogP contribution in [0.25, 0.3) is 11.0 Å². The quantitative estimate of drug-likeness (QED) is 0.233. The molecule has 1 aliphatic rings. The average molecular weight is 523 g/mol. The van der Waals surface area contributed by atoms with E-state index in [1.165, 1.54) is 30.6 Å². The fourth-order valence-corrected chi connectivity index (χ4v) is 3.73. The van der Waals surface area contributed by atoms with Gasteiger partial charge in [0.25, 0.3) is 5.84 Å². The number of anilines is 4. The SMILES string of the molecule is CN1CCN(c2nc(N)c3ncnc(Nc4ccc(F)c(C(=O)NC(=[NH2+])C=C(N)C(C)(C)C)c4)c3n2)CC1. The van der Waals surface area contributed by atoms with E-state index in [-0.39, 0.29) is 22.6 Å². The highest BCUT2D eigenvalue weighted by molar-refractivity contribution is 6.08. The Kier molecular flexibility index (Phi) is 7.39. The Balaban J connectivity index is 1.60. The van der Waals surface area contributed by atoms with Crippen molar-refractivity contribution in [3.05, 3.63) is 47.7 Å². The molecule has 0 aliphatic carbocycles. The largest absolute Gasteiger partial charge is 0.401 e. The number of nitrogens with zero attached hydrogens (tertiary/aromatic N) is 6. The fraction of sp³-hybridized carbons (Fsp3) is 0.360. The maximum Gasteiger partial charge on any atom is 0.342 e. The zero-order valence-corrected chi connectivity index (χ0v) is 21.9. The number of aromatic nitrogens is 4. The summed E-state index contributed by atoms with van der Waals surface area (Å²) in [5.41, 5.74) is 13.3. The van der Waals surface area contributed by atoms with E-state index >= 15 is 0 Å². The zero-order chi connectivity index (χ0) is 27.6. The molecule has 1 saturated heterocycles. The molecule has 0 radical (unpaired) electrons.